The minimum Gasteiger partial charge on any atom is -0.408 e. The number of nitrogen functional groups attached to an aromatic ring is 1. The number of carbonyl (C=O) groups excluding carboxylic acids is 1. The van der Waals surface area contributed by atoms with Crippen LogP contribution in [-0.4, -0.2) is 26.6 Å². The van der Waals surface area contributed by atoms with E-state index in [9.17, 15) is 19.2 Å². The predicted molar refractivity (Wildman–Crippen MR) is 118 cm³/mol. The van der Waals surface area contributed by atoms with E-state index in [0.29, 0.717) is 37.0 Å². The Labute approximate surface area is 177 Å². The molecule has 0 spiro atoms. The summed E-state index contributed by atoms with van der Waals surface area (Å²) < 4.78 is 7.96. The van der Waals surface area contributed by atoms with Crippen LogP contribution in [0.2, 0.25) is 0 Å². The molecule has 166 valence electrons. The Balaban J connectivity index is 1.79. The summed E-state index contributed by atoms with van der Waals surface area (Å²) in [5.41, 5.74) is 5.97. The van der Waals surface area contributed by atoms with Crippen LogP contribution in [-0.2, 0) is 17.9 Å². The molecule has 2 aromatic heterocycles. The summed E-state index contributed by atoms with van der Waals surface area (Å²) in [4.78, 5) is 53.1. The number of nitrogens with zero attached hydrogens (tertiary/aromatic N) is 3. The van der Waals surface area contributed by atoms with Gasteiger partial charge in [-0.25, -0.2) is 9.59 Å². The first-order chi connectivity index (χ1) is 14.9. The van der Waals surface area contributed by atoms with Crippen LogP contribution in [0.15, 0.2) is 43.1 Å². The average Bonchev–Trinajstić information content (AvgIpc) is 3.06. The molecule has 0 saturated carbocycles. The summed E-state index contributed by atoms with van der Waals surface area (Å²) in [6.07, 6.45) is 2.01. The second kappa shape index (κ2) is 9.50. The highest BCUT2D eigenvalue weighted by molar-refractivity contribution is 5.95. The van der Waals surface area contributed by atoms with Gasteiger partial charge < -0.3 is 15.1 Å². The van der Waals surface area contributed by atoms with Gasteiger partial charge in [-0.05, 0) is 31.9 Å². The van der Waals surface area contributed by atoms with Crippen molar-refractivity contribution in [3.05, 3.63) is 55.7 Å². The van der Waals surface area contributed by atoms with E-state index < -0.39 is 17.0 Å². The van der Waals surface area contributed by atoms with Crippen LogP contribution in [0.4, 0.5) is 11.5 Å². The summed E-state index contributed by atoms with van der Waals surface area (Å²) in [6, 6.07) is 7.07. The lowest BCUT2D eigenvalue weighted by atomic mass is 10.2. The van der Waals surface area contributed by atoms with Gasteiger partial charge in [-0.15, -0.1) is 0 Å². The zero-order chi connectivity index (χ0) is 22.5. The Morgan fingerprint density at radius 3 is 2.52 bits per heavy atom. The van der Waals surface area contributed by atoms with E-state index in [-0.39, 0.29) is 30.4 Å². The molecule has 3 N–H and O–H groups in total. The molecule has 10 nitrogen and oxygen atoms in total. The first-order valence-corrected chi connectivity index (χ1v) is 10.4. The number of amides is 1. The molecule has 10 heteroatoms. The van der Waals surface area contributed by atoms with E-state index in [4.69, 9.17) is 10.2 Å². The zero-order valence-electron chi connectivity index (χ0n) is 17.7. The van der Waals surface area contributed by atoms with Gasteiger partial charge in [0.1, 0.15) is 5.82 Å². The number of nitrogens with two attached hydrogens (primary N) is 1. The number of hydrogen-bond acceptors (Lipinski definition) is 6. The number of carbonyl (C=O) groups is 1. The van der Waals surface area contributed by atoms with Gasteiger partial charge in [0.25, 0.3) is 5.56 Å². The molecule has 3 aromatic rings. The number of benzene rings is 1. The van der Waals surface area contributed by atoms with Gasteiger partial charge >= 0.3 is 11.4 Å². The maximum Gasteiger partial charge on any atom is 0.419 e. The highest BCUT2D eigenvalue weighted by Crippen LogP contribution is 2.19. The standard InChI is InChI=1S/C21H27N5O5/c1-3-5-12-26-18(22)17(19(28)23-20(26)29)24(4-2)16(27)11-8-13-25-14-9-6-7-10-15(14)31-21(25)30/h6-7,9-10H,3-5,8,11-13,22H2,1-2H3,(H,23,28,29). The number of hydrogen-bond donors (Lipinski definition) is 2. The molecule has 0 fully saturated rings. The summed E-state index contributed by atoms with van der Waals surface area (Å²) in [7, 11) is 0. The fourth-order valence-corrected chi connectivity index (χ4v) is 3.58. The minimum absolute atomic E-state index is 0.0190. The van der Waals surface area contributed by atoms with Gasteiger partial charge in [-0.3, -0.25) is 23.7 Å². The summed E-state index contributed by atoms with van der Waals surface area (Å²) >= 11 is 0. The molecule has 0 unspecified atom stereocenters. The first kappa shape index (κ1) is 22.1. The van der Waals surface area contributed by atoms with Crippen molar-refractivity contribution < 1.29 is 9.21 Å². The lowest BCUT2D eigenvalue weighted by molar-refractivity contribution is -0.118. The Kier molecular flexibility index (Phi) is 6.78. The molecule has 2 heterocycles. The van der Waals surface area contributed by atoms with Crippen molar-refractivity contribution in [1.29, 1.82) is 0 Å². The number of H-pyrrole nitrogens is 1. The lowest BCUT2D eigenvalue weighted by Crippen LogP contribution is -2.41. The molecule has 0 aliphatic heterocycles. The number of aromatic amines is 1. The number of unbranched alkanes of at least 4 members (excludes halogenated alkanes) is 1. The van der Waals surface area contributed by atoms with Gasteiger partial charge in [0.15, 0.2) is 11.3 Å². The van der Waals surface area contributed by atoms with Crippen LogP contribution in [0.5, 0.6) is 0 Å². The average molecular weight is 429 g/mol. The molecule has 0 aliphatic carbocycles. The third kappa shape index (κ3) is 4.47. The molecular weight excluding hydrogens is 402 g/mol. The Hall–Kier alpha value is -3.56. The predicted octanol–water partition coefficient (Wildman–Crippen LogP) is 1.66. The highest BCUT2D eigenvalue weighted by Gasteiger charge is 2.22. The monoisotopic (exact) mass is 429 g/mol. The molecule has 0 bridgehead atoms. The van der Waals surface area contributed by atoms with Crippen molar-refractivity contribution in [3.8, 4) is 0 Å². The van der Waals surface area contributed by atoms with E-state index in [2.05, 4.69) is 4.98 Å². The molecule has 0 saturated heterocycles. The van der Waals surface area contributed by atoms with Crippen molar-refractivity contribution in [3.63, 3.8) is 0 Å². The molecule has 0 atom stereocenters. The van der Waals surface area contributed by atoms with Crippen molar-refractivity contribution in [2.75, 3.05) is 17.2 Å². The fourth-order valence-electron chi connectivity index (χ4n) is 3.58. The van der Waals surface area contributed by atoms with Gasteiger partial charge in [0, 0.05) is 26.1 Å². The maximum atomic E-state index is 12.9. The zero-order valence-corrected chi connectivity index (χ0v) is 17.7. The topological polar surface area (TPSA) is 136 Å². The third-order valence-corrected chi connectivity index (χ3v) is 5.18. The lowest BCUT2D eigenvalue weighted by Gasteiger charge is -2.23. The molecule has 0 radical (unpaired) electrons. The van der Waals surface area contributed by atoms with Gasteiger partial charge in [0.2, 0.25) is 5.91 Å². The molecule has 0 aliphatic rings. The molecular formula is C21H27N5O5. The van der Waals surface area contributed by atoms with Crippen LogP contribution >= 0.6 is 0 Å². The summed E-state index contributed by atoms with van der Waals surface area (Å²) in [5, 5.41) is 0. The van der Waals surface area contributed by atoms with Crippen molar-refractivity contribution in [2.24, 2.45) is 0 Å². The number of para-hydroxylation sites is 2. The maximum absolute atomic E-state index is 12.9. The van der Waals surface area contributed by atoms with Crippen molar-refractivity contribution in [2.45, 2.75) is 52.6 Å². The van der Waals surface area contributed by atoms with E-state index in [1.165, 1.54) is 14.0 Å². The highest BCUT2D eigenvalue weighted by atomic mass is 16.4. The number of aryl methyl sites for hydroxylation is 1. The number of anilines is 2. The van der Waals surface area contributed by atoms with Gasteiger partial charge in [0.05, 0.1) is 5.52 Å². The SMILES string of the molecule is CCCCn1c(N)c(N(CC)C(=O)CCCn2c(=O)oc3ccccc32)c(=O)[nH]c1=O. The summed E-state index contributed by atoms with van der Waals surface area (Å²) in [5.74, 6) is -0.819. The Morgan fingerprint density at radius 2 is 1.81 bits per heavy atom. The first-order valence-electron chi connectivity index (χ1n) is 10.4. The second-order valence-electron chi connectivity index (χ2n) is 7.23. The van der Waals surface area contributed by atoms with E-state index >= 15 is 0 Å². The number of fused-ring (bicyclic) bond motifs is 1. The number of aromatic nitrogens is 3. The van der Waals surface area contributed by atoms with Crippen LogP contribution < -0.4 is 27.6 Å². The molecule has 3 rings (SSSR count). The van der Waals surface area contributed by atoms with Crippen molar-refractivity contribution in [1.82, 2.24) is 14.1 Å². The number of rotatable bonds is 9. The molecule has 31 heavy (non-hydrogen) atoms. The Bertz CT molecular complexity index is 1250. The van der Waals surface area contributed by atoms with Crippen molar-refractivity contribution >= 4 is 28.5 Å². The van der Waals surface area contributed by atoms with Gasteiger partial charge in [-0.1, -0.05) is 25.5 Å². The number of nitrogens with one attached hydrogen (secondary N) is 1. The van der Waals surface area contributed by atoms with E-state index in [1.54, 1.807) is 31.2 Å². The second-order valence-corrected chi connectivity index (χ2v) is 7.23. The van der Waals surface area contributed by atoms with Gasteiger partial charge in [-0.2, -0.15) is 0 Å². The molecule has 1 aromatic carbocycles. The molecule has 1 amide bonds. The van der Waals surface area contributed by atoms with Crippen LogP contribution in [0, 0.1) is 0 Å². The summed E-state index contributed by atoms with van der Waals surface area (Å²) in [6.45, 7) is 4.57. The van der Waals surface area contributed by atoms with Crippen LogP contribution in [0.3, 0.4) is 0 Å². The van der Waals surface area contributed by atoms with E-state index in [0.717, 1.165) is 6.42 Å². The van der Waals surface area contributed by atoms with E-state index in [1.807, 2.05) is 6.92 Å². The van der Waals surface area contributed by atoms with Crippen LogP contribution in [0.1, 0.15) is 39.5 Å². The minimum atomic E-state index is -0.692. The normalized spacial score (nSPS) is 11.2. The smallest absolute Gasteiger partial charge is 0.408 e. The quantitative estimate of drug-likeness (QED) is 0.531. The number of oxazole rings is 1. The van der Waals surface area contributed by atoms with Crippen LogP contribution in [0.25, 0.3) is 11.1 Å². The Morgan fingerprint density at radius 1 is 1.10 bits per heavy atom. The third-order valence-electron chi connectivity index (χ3n) is 5.18. The fraction of sp³-hybridized carbons (Fsp3) is 0.429. The largest absolute Gasteiger partial charge is 0.419 e.